The van der Waals surface area contributed by atoms with Gasteiger partial charge < -0.3 is 14.6 Å². The summed E-state index contributed by atoms with van der Waals surface area (Å²) in [7, 11) is 0. The molecule has 0 aliphatic carbocycles. The van der Waals surface area contributed by atoms with E-state index in [9.17, 15) is 14.4 Å². The first kappa shape index (κ1) is 14.8. The third kappa shape index (κ3) is 2.92. The van der Waals surface area contributed by atoms with Gasteiger partial charge in [0.25, 0.3) is 11.5 Å². The molecule has 1 N–H and O–H groups in total. The van der Waals surface area contributed by atoms with Crippen LogP contribution in [0.5, 0.6) is 0 Å². The number of carbonyl (C=O) groups excluding carboxylic acids is 1. The van der Waals surface area contributed by atoms with Crippen LogP contribution in [0.1, 0.15) is 30.1 Å². The van der Waals surface area contributed by atoms with Gasteiger partial charge in [-0.2, -0.15) is 0 Å². The minimum Gasteiger partial charge on any atom is -0.480 e. The molecule has 1 aliphatic heterocycles. The van der Waals surface area contributed by atoms with Gasteiger partial charge in [-0.15, -0.1) is 0 Å². The van der Waals surface area contributed by atoms with E-state index in [0.29, 0.717) is 11.0 Å². The van der Waals surface area contributed by atoms with Crippen molar-refractivity contribution < 1.29 is 14.7 Å². The van der Waals surface area contributed by atoms with Crippen molar-refractivity contribution in [2.45, 2.75) is 32.4 Å². The summed E-state index contributed by atoms with van der Waals surface area (Å²) in [5, 5.41) is 8.79. The van der Waals surface area contributed by atoms with Gasteiger partial charge in [0.2, 0.25) is 0 Å². The zero-order valence-electron chi connectivity index (χ0n) is 11.0. The van der Waals surface area contributed by atoms with Crippen molar-refractivity contribution in [3.63, 3.8) is 0 Å². The maximum Gasteiger partial charge on any atom is 0.323 e. The fraction of sp³-hybridized carbons (Fsp3) is 0.462. The second kappa shape index (κ2) is 5.78. The lowest BCUT2D eigenvalue weighted by atomic mass is 10.2. The molecule has 0 saturated carbocycles. The van der Waals surface area contributed by atoms with Gasteiger partial charge in [0, 0.05) is 23.3 Å². The van der Waals surface area contributed by atoms with Gasteiger partial charge in [-0.1, -0.05) is 0 Å². The van der Waals surface area contributed by atoms with Gasteiger partial charge in [-0.3, -0.25) is 14.4 Å². The lowest BCUT2D eigenvalue weighted by Gasteiger charge is -2.21. The second-order valence-electron chi connectivity index (χ2n) is 4.89. The lowest BCUT2D eigenvalue weighted by molar-refractivity contribution is -0.137. The summed E-state index contributed by atoms with van der Waals surface area (Å²) in [4.78, 5) is 37.0. The van der Waals surface area contributed by atoms with Crippen LogP contribution >= 0.6 is 15.9 Å². The molecule has 1 atom stereocenters. The fourth-order valence-corrected chi connectivity index (χ4v) is 2.88. The number of likely N-dealkylation sites (tertiary alicyclic amines) is 1. The number of aromatic nitrogens is 1. The van der Waals surface area contributed by atoms with E-state index >= 15 is 0 Å². The van der Waals surface area contributed by atoms with Crippen LogP contribution in [0.2, 0.25) is 0 Å². The summed E-state index contributed by atoms with van der Waals surface area (Å²) in [5.41, 5.74) is -0.561. The Bertz CT molecular complexity index is 611. The molecule has 0 radical (unpaired) electrons. The van der Waals surface area contributed by atoms with Crippen LogP contribution in [-0.4, -0.2) is 39.0 Å². The first-order chi connectivity index (χ1) is 9.40. The maximum absolute atomic E-state index is 12.4. The Morgan fingerprint density at radius 3 is 2.75 bits per heavy atom. The minimum atomic E-state index is -1.13. The Hall–Kier alpha value is -1.63. The van der Waals surface area contributed by atoms with Gasteiger partial charge in [0.15, 0.2) is 0 Å². The number of carboxylic acids is 1. The van der Waals surface area contributed by atoms with Crippen molar-refractivity contribution in [1.29, 1.82) is 0 Å². The quantitative estimate of drug-likeness (QED) is 0.898. The van der Waals surface area contributed by atoms with E-state index < -0.39 is 18.1 Å². The van der Waals surface area contributed by atoms with Crippen LogP contribution in [0.15, 0.2) is 21.5 Å². The van der Waals surface area contributed by atoms with Gasteiger partial charge in [-0.25, -0.2) is 0 Å². The van der Waals surface area contributed by atoms with Crippen LogP contribution in [0, 0.1) is 0 Å². The smallest absolute Gasteiger partial charge is 0.323 e. The highest BCUT2D eigenvalue weighted by molar-refractivity contribution is 9.10. The molecule has 2 heterocycles. The van der Waals surface area contributed by atoms with E-state index in [0.717, 1.165) is 17.4 Å². The van der Waals surface area contributed by atoms with Gasteiger partial charge in [0.05, 0.1) is 0 Å². The molecule has 1 amide bonds. The Balaban J connectivity index is 2.41. The van der Waals surface area contributed by atoms with E-state index in [1.54, 1.807) is 4.90 Å². The van der Waals surface area contributed by atoms with Crippen molar-refractivity contribution >= 4 is 27.8 Å². The second-order valence-corrected chi connectivity index (χ2v) is 5.80. The summed E-state index contributed by atoms with van der Waals surface area (Å²) in [6, 6.07) is 1.56. The molecule has 6 nitrogen and oxygen atoms in total. The number of pyridine rings is 1. The first-order valence-electron chi connectivity index (χ1n) is 6.33. The summed E-state index contributed by atoms with van der Waals surface area (Å²) in [6.07, 6.45) is 3.22. The van der Waals surface area contributed by atoms with Crippen LogP contribution in [-0.2, 0) is 11.3 Å². The Labute approximate surface area is 124 Å². The van der Waals surface area contributed by atoms with Crippen LogP contribution < -0.4 is 5.56 Å². The number of rotatable bonds is 3. The molecule has 7 heteroatoms. The molecule has 1 saturated heterocycles. The van der Waals surface area contributed by atoms with Crippen molar-refractivity contribution in [1.82, 2.24) is 9.47 Å². The molecular formula is C13H15BrN2O4. The summed E-state index contributed by atoms with van der Waals surface area (Å²) in [5.74, 6) is -1.46. The SMILES string of the molecule is C[C@H]1CCCN1C(=O)c1cc(Br)cn(CC(=O)O)c1=O. The predicted octanol–water partition coefficient (Wildman–Crippen LogP) is 1.32. The number of aliphatic carboxylic acids is 1. The molecule has 20 heavy (non-hydrogen) atoms. The van der Waals surface area contributed by atoms with Crippen molar-refractivity contribution in [2.75, 3.05) is 6.54 Å². The average molecular weight is 343 g/mol. The standard InChI is InChI=1S/C13H15BrN2O4/c1-8-3-2-4-16(8)13(20)10-5-9(14)6-15(12(10)19)7-11(17)18/h5-6,8H,2-4,7H2,1H3,(H,17,18)/t8-/m0/s1. The Kier molecular flexibility index (Phi) is 4.27. The highest BCUT2D eigenvalue weighted by atomic mass is 79.9. The topological polar surface area (TPSA) is 79.6 Å². The van der Waals surface area contributed by atoms with Gasteiger partial charge in [-0.05, 0) is 41.8 Å². The predicted molar refractivity (Wildman–Crippen MR) is 75.8 cm³/mol. The number of carbonyl (C=O) groups is 2. The van der Waals surface area contributed by atoms with Crippen molar-refractivity contribution in [3.05, 3.63) is 32.7 Å². The van der Waals surface area contributed by atoms with E-state index in [1.165, 1.54) is 12.3 Å². The zero-order chi connectivity index (χ0) is 14.9. The molecule has 1 fully saturated rings. The molecule has 108 valence electrons. The molecule has 1 aromatic heterocycles. The van der Waals surface area contributed by atoms with Crippen molar-refractivity contribution in [2.24, 2.45) is 0 Å². The van der Waals surface area contributed by atoms with E-state index in [1.807, 2.05) is 6.92 Å². The largest absolute Gasteiger partial charge is 0.480 e. The maximum atomic E-state index is 12.4. The number of nitrogens with zero attached hydrogens (tertiary/aromatic N) is 2. The number of halogens is 1. The summed E-state index contributed by atoms with van der Waals surface area (Å²) < 4.78 is 1.54. The average Bonchev–Trinajstić information content (AvgIpc) is 2.78. The number of hydrogen-bond donors (Lipinski definition) is 1. The Morgan fingerprint density at radius 2 is 2.20 bits per heavy atom. The zero-order valence-corrected chi connectivity index (χ0v) is 12.6. The fourth-order valence-electron chi connectivity index (χ4n) is 2.41. The molecule has 0 bridgehead atoms. The van der Waals surface area contributed by atoms with Crippen LogP contribution in [0.3, 0.4) is 0 Å². The third-order valence-electron chi connectivity index (χ3n) is 3.40. The lowest BCUT2D eigenvalue weighted by Crippen LogP contribution is -2.38. The van der Waals surface area contributed by atoms with E-state index in [-0.39, 0.29) is 17.5 Å². The Morgan fingerprint density at radius 1 is 1.50 bits per heavy atom. The first-order valence-corrected chi connectivity index (χ1v) is 7.12. The molecule has 1 aromatic rings. The van der Waals surface area contributed by atoms with Crippen molar-refractivity contribution in [3.8, 4) is 0 Å². The van der Waals surface area contributed by atoms with E-state index in [2.05, 4.69) is 15.9 Å². The van der Waals surface area contributed by atoms with E-state index in [4.69, 9.17) is 5.11 Å². The van der Waals surface area contributed by atoms with Gasteiger partial charge >= 0.3 is 5.97 Å². The highest BCUT2D eigenvalue weighted by Crippen LogP contribution is 2.19. The van der Waals surface area contributed by atoms with Gasteiger partial charge in [0.1, 0.15) is 12.1 Å². The molecule has 0 aromatic carbocycles. The molecule has 0 unspecified atom stereocenters. The molecule has 0 spiro atoms. The molecule has 1 aliphatic rings. The minimum absolute atomic E-state index is 0.00868. The van der Waals surface area contributed by atoms with Crippen LogP contribution in [0.25, 0.3) is 0 Å². The van der Waals surface area contributed by atoms with Crippen LogP contribution in [0.4, 0.5) is 0 Å². The highest BCUT2D eigenvalue weighted by Gasteiger charge is 2.28. The number of carboxylic acid groups (broad SMARTS) is 1. The third-order valence-corrected chi connectivity index (χ3v) is 3.84. The number of amides is 1. The monoisotopic (exact) mass is 342 g/mol. The molecule has 2 rings (SSSR count). The molecular weight excluding hydrogens is 328 g/mol. The summed E-state index contributed by atoms with van der Waals surface area (Å²) >= 11 is 3.21. The number of hydrogen-bond acceptors (Lipinski definition) is 3. The normalized spacial score (nSPS) is 18.3. The summed E-state index contributed by atoms with van der Waals surface area (Å²) in [6.45, 7) is 2.11.